The molecule has 4 heteroatoms. The number of benzene rings is 1. The summed E-state index contributed by atoms with van der Waals surface area (Å²) in [6.45, 7) is 2.11. The van der Waals surface area contributed by atoms with Gasteiger partial charge in [0.2, 0.25) is 5.91 Å². The lowest BCUT2D eigenvalue weighted by Gasteiger charge is -2.18. The number of nitrogens with zero attached hydrogens (tertiary/aromatic N) is 2. The fourth-order valence-electron chi connectivity index (χ4n) is 1.94. The maximum Gasteiger partial charge on any atom is 0.229 e. The fourth-order valence-corrected chi connectivity index (χ4v) is 1.94. The summed E-state index contributed by atoms with van der Waals surface area (Å²) in [7, 11) is 0. The smallest absolute Gasteiger partial charge is 0.229 e. The van der Waals surface area contributed by atoms with Gasteiger partial charge in [0.25, 0.3) is 0 Å². The van der Waals surface area contributed by atoms with E-state index in [1.165, 1.54) is 4.90 Å². The first-order chi connectivity index (χ1) is 7.63. The zero-order valence-corrected chi connectivity index (χ0v) is 8.97. The SMILES string of the molecule is Cc1cccc(N2CC(O)CC2=O)c1C#N. The van der Waals surface area contributed by atoms with Crippen LogP contribution in [0.2, 0.25) is 0 Å². The van der Waals surface area contributed by atoms with Crippen LogP contribution in [0.3, 0.4) is 0 Å². The Bertz CT molecular complexity index is 476. The van der Waals surface area contributed by atoms with Crippen molar-refractivity contribution < 1.29 is 9.90 Å². The number of nitriles is 1. The minimum absolute atomic E-state index is 0.130. The summed E-state index contributed by atoms with van der Waals surface area (Å²) in [6.07, 6.45) is -0.488. The molecule has 2 rings (SSSR count). The van der Waals surface area contributed by atoms with Crippen molar-refractivity contribution in [3.8, 4) is 6.07 Å². The van der Waals surface area contributed by atoms with Crippen molar-refractivity contribution in [1.29, 1.82) is 5.26 Å². The third kappa shape index (κ3) is 1.66. The molecule has 0 bridgehead atoms. The first kappa shape index (κ1) is 10.7. The average molecular weight is 216 g/mol. The molecule has 1 amide bonds. The van der Waals surface area contributed by atoms with Crippen LogP contribution in [0.15, 0.2) is 18.2 Å². The highest BCUT2D eigenvalue weighted by Gasteiger charge is 2.30. The Labute approximate surface area is 93.7 Å². The van der Waals surface area contributed by atoms with E-state index in [2.05, 4.69) is 6.07 Å². The van der Waals surface area contributed by atoms with E-state index in [1.54, 1.807) is 6.07 Å². The zero-order valence-electron chi connectivity index (χ0n) is 8.97. The van der Waals surface area contributed by atoms with Gasteiger partial charge in [0, 0.05) is 0 Å². The lowest BCUT2D eigenvalue weighted by molar-refractivity contribution is -0.117. The molecule has 1 atom stereocenters. The highest BCUT2D eigenvalue weighted by atomic mass is 16.3. The van der Waals surface area contributed by atoms with Crippen LogP contribution in [-0.2, 0) is 4.79 Å². The lowest BCUT2D eigenvalue weighted by Crippen LogP contribution is -2.26. The van der Waals surface area contributed by atoms with Crippen molar-refractivity contribution in [2.75, 3.05) is 11.4 Å². The molecule has 1 heterocycles. The van der Waals surface area contributed by atoms with E-state index in [9.17, 15) is 9.90 Å². The first-order valence-corrected chi connectivity index (χ1v) is 5.11. The lowest BCUT2D eigenvalue weighted by atomic mass is 10.1. The normalized spacial score (nSPS) is 19.9. The number of aliphatic hydroxyl groups excluding tert-OH is 1. The number of anilines is 1. The summed E-state index contributed by atoms with van der Waals surface area (Å²) in [4.78, 5) is 13.1. The Kier molecular flexibility index (Phi) is 2.63. The summed E-state index contributed by atoms with van der Waals surface area (Å²) in [5, 5.41) is 18.5. The van der Waals surface area contributed by atoms with Gasteiger partial charge in [-0.25, -0.2) is 0 Å². The van der Waals surface area contributed by atoms with Gasteiger partial charge >= 0.3 is 0 Å². The van der Waals surface area contributed by atoms with Crippen LogP contribution in [0.25, 0.3) is 0 Å². The topological polar surface area (TPSA) is 64.3 Å². The predicted molar refractivity (Wildman–Crippen MR) is 58.9 cm³/mol. The quantitative estimate of drug-likeness (QED) is 0.760. The Morgan fingerprint density at radius 3 is 2.88 bits per heavy atom. The Morgan fingerprint density at radius 1 is 1.56 bits per heavy atom. The van der Waals surface area contributed by atoms with E-state index in [-0.39, 0.29) is 18.9 Å². The summed E-state index contributed by atoms with van der Waals surface area (Å²) in [5.74, 6) is -0.130. The van der Waals surface area contributed by atoms with Crippen LogP contribution in [0.5, 0.6) is 0 Å². The van der Waals surface area contributed by atoms with Gasteiger partial charge < -0.3 is 10.0 Å². The fraction of sp³-hybridized carbons (Fsp3) is 0.333. The van der Waals surface area contributed by atoms with Crippen LogP contribution < -0.4 is 4.90 Å². The van der Waals surface area contributed by atoms with Crippen molar-refractivity contribution in [2.45, 2.75) is 19.4 Å². The number of aliphatic hydroxyl groups is 1. The molecule has 1 N–H and O–H groups in total. The van der Waals surface area contributed by atoms with Crippen LogP contribution in [0, 0.1) is 18.3 Å². The Morgan fingerprint density at radius 2 is 2.31 bits per heavy atom. The molecule has 0 spiro atoms. The van der Waals surface area contributed by atoms with Gasteiger partial charge in [-0.15, -0.1) is 0 Å². The van der Waals surface area contributed by atoms with E-state index in [4.69, 9.17) is 5.26 Å². The number of carbonyl (C=O) groups is 1. The molecule has 1 fully saturated rings. The van der Waals surface area contributed by atoms with Gasteiger partial charge in [-0.05, 0) is 18.6 Å². The number of carbonyl (C=O) groups excluding carboxylic acids is 1. The number of rotatable bonds is 1. The zero-order chi connectivity index (χ0) is 11.7. The van der Waals surface area contributed by atoms with Gasteiger partial charge in [-0.1, -0.05) is 12.1 Å². The maximum absolute atomic E-state index is 11.6. The first-order valence-electron chi connectivity index (χ1n) is 5.11. The predicted octanol–water partition coefficient (Wildman–Crippen LogP) is 0.964. The molecule has 0 aliphatic carbocycles. The molecule has 1 aliphatic rings. The summed E-state index contributed by atoms with van der Waals surface area (Å²) < 4.78 is 0. The van der Waals surface area contributed by atoms with Crippen molar-refractivity contribution >= 4 is 11.6 Å². The number of hydrogen-bond acceptors (Lipinski definition) is 3. The van der Waals surface area contributed by atoms with Crippen LogP contribution >= 0.6 is 0 Å². The second kappa shape index (κ2) is 3.95. The molecule has 82 valence electrons. The standard InChI is InChI=1S/C12H12N2O2/c1-8-3-2-4-11(10(8)6-13)14-7-9(15)5-12(14)16/h2-4,9,15H,5,7H2,1H3. The van der Waals surface area contributed by atoms with Gasteiger partial charge in [-0.2, -0.15) is 5.26 Å². The maximum atomic E-state index is 11.6. The van der Waals surface area contributed by atoms with Gasteiger partial charge in [0.1, 0.15) is 6.07 Å². The number of aryl methyl sites for hydroxylation is 1. The van der Waals surface area contributed by atoms with Crippen molar-refractivity contribution in [1.82, 2.24) is 0 Å². The molecule has 1 aromatic carbocycles. The Hall–Kier alpha value is -1.86. The molecule has 1 unspecified atom stereocenters. The molecular formula is C12H12N2O2. The average Bonchev–Trinajstić information content (AvgIpc) is 2.57. The van der Waals surface area contributed by atoms with E-state index in [0.717, 1.165) is 5.56 Å². The largest absolute Gasteiger partial charge is 0.391 e. The molecular weight excluding hydrogens is 204 g/mol. The third-order valence-corrected chi connectivity index (χ3v) is 2.76. The molecule has 0 radical (unpaired) electrons. The molecule has 1 aliphatic heterocycles. The minimum atomic E-state index is -0.625. The number of amides is 1. The second-order valence-corrected chi connectivity index (χ2v) is 3.94. The van der Waals surface area contributed by atoms with Crippen molar-refractivity contribution in [2.24, 2.45) is 0 Å². The molecule has 0 saturated carbocycles. The molecule has 16 heavy (non-hydrogen) atoms. The highest BCUT2D eigenvalue weighted by Crippen LogP contribution is 2.27. The monoisotopic (exact) mass is 216 g/mol. The number of β-amino-alcohol motifs (C(OH)–C–C–N with tert-alkyl or cyclic N) is 1. The summed E-state index contributed by atoms with van der Waals surface area (Å²) in [6, 6.07) is 7.48. The summed E-state index contributed by atoms with van der Waals surface area (Å²) in [5.41, 5.74) is 1.95. The van der Waals surface area contributed by atoms with E-state index in [0.29, 0.717) is 11.3 Å². The van der Waals surface area contributed by atoms with Crippen LogP contribution in [-0.4, -0.2) is 23.7 Å². The summed E-state index contributed by atoms with van der Waals surface area (Å²) >= 11 is 0. The van der Waals surface area contributed by atoms with Gasteiger partial charge in [-0.3, -0.25) is 4.79 Å². The van der Waals surface area contributed by atoms with Crippen LogP contribution in [0.4, 0.5) is 5.69 Å². The van der Waals surface area contributed by atoms with E-state index >= 15 is 0 Å². The minimum Gasteiger partial charge on any atom is -0.391 e. The van der Waals surface area contributed by atoms with E-state index in [1.807, 2.05) is 19.1 Å². The molecule has 4 nitrogen and oxygen atoms in total. The van der Waals surface area contributed by atoms with Crippen molar-refractivity contribution in [3.63, 3.8) is 0 Å². The molecule has 1 saturated heterocycles. The third-order valence-electron chi connectivity index (χ3n) is 2.76. The van der Waals surface area contributed by atoms with Crippen LogP contribution in [0.1, 0.15) is 17.5 Å². The molecule has 0 aromatic heterocycles. The van der Waals surface area contributed by atoms with Gasteiger partial charge in [0.05, 0.1) is 30.3 Å². The molecule has 1 aromatic rings. The van der Waals surface area contributed by atoms with Crippen molar-refractivity contribution in [3.05, 3.63) is 29.3 Å². The number of hydrogen-bond donors (Lipinski definition) is 1. The van der Waals surface area contributed by atoms with E-state index < -0.39 is 6.10 Å². The Balaban J connectivity index is 2.45. The second-order valence-electron chi connectivity index (χ2n) is 3.94. The highest BCUT2D eigenvalue weighted by molar-refractivity contribution is 5.97. The van der Waals surface area contributed by atoms with Gasteiger partial charge in [0.15, 0.2) is 0 Å².